The molecule has 1 amide bonds. The highest BCUT2D eigenvalue weighted by molar-refractivity contribution is 14.1. The number of aliphatic hydroxyl groups is 1. The van der Waals surface area contributed by atoms with E-state index in [9.17, 15) is 9.90 Å². The number of amides is 1. The molecular formula is C13H15ClINO2. The van der Waals surface area contributed by atoms with Gasteiger partial charge < -0.3 is 10.0 Å². The second-order valence-electron chi connectivity index (χ2n) is 4.71. The molecule has 1 aromatic rings. The Balaban J connectivity index is 2.14. The number of piperidine rings is 1. The van der Waals surface area contributed by atoms with Crippen molar-refractivity contribution in [3.8, 4) is 0 Å². The van der Waals surface area contributed by atoms with E-state index in [0.717, 1.165) is 9.99 Å². The van der Waals surface area contributed by atoms with E-state index >= 15 is 0 Å². The number of hydrogen-bond acceptors (Lipinski definition) is 2. The van der Waals surface area contributed by atoms with Crippen LogP contribution in [0, 0.1) is 9.49 Å². The largest absolute Gasteiger partial charge is 0.391 e. The van der Waals surface area contributed by atoms with Crippen molar-refractivity contribution in [2.24, 2.45) is 5.92 Å². The van der Waals surface area contributed by atoms with Crippen LogP contribution in [0.25, 0.3) is 0 Å². The molecule has 0 spiro atoms. The van der Waals surface area contributed by atoms with Crippen molar-refractivity contribution in [1.82, 2.24) is 4.90 Å². The molecule has 0 bridgehead atoms. The number of β-amino-alcohol motifs (C(OH)–C–C–N with tert-alkyl or cyclic N) is 1. The first kappa shape index (κ1) is 14.1. The number of carbonyl (C=O) groups excluding carboxylic acids is 1. The van der Waals surface area contributed by atoms with Crippen LogP contribution in [0.5, 0.6) is 0 Å². The van der Waals surface area contributed by atoms with Crippen LogP contribution in [-0.2, 0) is 0 Å². The van der Waals surface area contributed by atoms with Crippen LogP contribution in [0.3, 0.4) is 0 Å². The molecule has 98 valence electrons. The normalized spacial score (nSPS) is 24.1. The standard InChI is InChI=1S/C13H15ClINO2/c1-8-4-5-16(7-12(8)17)13(18)9-2-3-11(15)10(14)6-9/h2-3,6,8,12,17H,4-5,7H2,1H3. The Bertz CT molecular complexity index is 466. The molecule has 1 saturated heterocycles. The molecule has 0 aromatic heterocycles. The zero-order chi connectivity index (χ0) is 13.3. The third-order valence-corrected chi connectivity index (χ3v) is 4.94. The summed E-state index contributed by atoms with van der Waals surface area (Å²) in [6.07, 6.45) is 0.410. The van der Waals surface area contributed by atoms with Gasteiger partial charge in [0.25, 0.3) is 5.91 Å². The van der Waals surface area contributed by atoms with Crippen LogP contribution in [0.2, 0.25) is 5.02 Å². The zero-order valence-corrected chi connectivity index (χ0v) is 13.0. The number of carbonyl (C=O) groups is 1. The van der Waals surface area contributed by atoms with Gasteiger partial charge in [0.05, 0.1) is 11.1 Å². The van der Waals surface area contributed by atoms with Crippen LogP contribution in [0.15, 0.2) is 18.2 Å². The number of benzene rings is 1. The third-order valence-electron chi connectivity index (χ3n) is 3.37. The van der Waals surface area contributed by atoms with Crippen LogP contribution >= 0.6 is 34.2 Å². The van der Waals surface area contributed by atoms with E-state index in [1.165, 1.54) is 0 Å². The van der Waals surface area contributed by atoms with Crippen molar-refractivity contribution in [2.45, 2.75) is 19.4 Å². The molecule has 3 nitrogen and oxygen atoms in total. The van der Waals surface area contributed by atoms with Crippen molar-refractivity contribution in [3.63, 3.8) is 0 Å². The molecule has 1 N–H and O–H groups in total. The van der Waals surface area contributed by atoms with Gasteiger partial charge in [-0.1, -0.05) is 18.5 Å². The van der Waals surface area contributed by atoms with Crippen molar-refractivity contribution in [3.05, 3.63) is 32.4 Å². The Morgan fingerprint density at radius 2 is 2.28 bits per heavy atom. The highest BCUT2D eigenvalue weighted by atomic mass is 127. The molecule has 1 aromatic carbocycles. The molecule has 1 aliphatic rings. The maximum atomic E-state index is 12.3. The van der Waals surface area contributed by atoms with E-state index < -0.39 is 6.10 Å². The molecule has 1 aliphatic heterocycles. The summed E-state index contributed by atoms with van der Waals surface area (Å²) in [7, 11) is 0. The van der Waals surface area contributed by atoms with Crippen molar-refractivity contribution >= 4 is 40.1 Å². The number of aliphatic hydroxyl groups excluding tert-OH is 1. The molecule has 2 atom stereocenters. The van der Waals surface area contributed by atoms with Crippen LogP contribution < -0.4 is 0 Å². The minimum atomic E-state index is -0.429. The second kappa shape index (κ2) is 5.75. The van der Waals surface area contributed by atoms with E-state index in [-0.39, 0.29) is 11.8 Å². The molecule has 2 rings (SSSR count). The van der Waals surface area contributed by atoms with E-state index in [1.54, 1.807) is 17.0 Å². The summed E-state index contributed by atoms with van der Waals surface area (Å²) >= 11 is 8.15. The third kappa shape index (κ3) is 2.97. The van der Waals surface area contributed by atoms with Crippen LogP contribution in [0.4, 0.5) is 0 Å². The van der Waals surface area contributed by atoms with E-state index in [4.69, 9.17) is 11.6 Å². The fourth-order valence-corrected chi connectivity index (χ4v) is 2.56. The van der Waals surface area contributed by atoms with Crippen molar-refractivity contribution in [2.75, 3.05) is 13.1 Å². The van der Waals surface area contributed by atoms with Crippen LogP contribution in [0.1, 0.15) is 23.7 Å². The molecule has 1 heterocycles. The fraction of sp³-hybridized carbons (Fsp3) is 0.462. The lowest BCUT2D eigenvalue weighted by molar-refractivity contribution is 0.0248. The highest BCUT2D eigenvalue weighted by Crippen LogP contribution is 2.23. The molecule has 0 saturated carbocycles. The monoisotopic (exact) mass is 379 g/mol. The SMILES string of the molecule is CC1CCN(C(=O)c2ccc(I)c(Cl)c2)CC1O. The van der Waals surface area contributed by atoms with Gasteiger partial charge in [-0.2, -0.15) is 0 Å². The Kier molecular flexibility index (Phi) is 4.50. The summed E-state index contributed by atoms with van der Waals surface area (Å²) in [5, 5.41) is 10.4. The number of halogens is 2. The maximum absolute atomic E-state index is 12.3. The maximum Gasteiger partial charge on any atom is 0.253 e. The Morgan fingerprint density at radius 1 is 1.56 bits per heavy atom. The van der Waals surface area contributed by atoms with Gasteiger partial charge in [-0.3, -0.25) is 4.79 Å². The molecule has 2 unspecified atom stereocenters. The van der Waals surface area contributed by atoms with Crippen molar-refractivity contribution < 1.29 is 9.90 Å². The van der Waals surface area contributed by atoms with Crippen molar-refractivity contribution in [1.29, 1.82) is 0 Å². The quantitative estimate of drug-likeness (QED) is 0.762. The molecule has 18 heavy (non-hydrogen) atoms. The highest BCUT2D eigenvalue weighted by Gasteiger charge is 2.27. The summed E-state index contributed by atoms with van der Waals surface area (Å²) in [6.45, 7) is 3.11. The smallest absolute Gasteiger partial charge is 0.253 e. The summed E-state index contributed by atoms with van der Waals surface area (Å²) in [4.78, 5) is 14.0. The minimum absolute atomic E-state index is 0.0562. The van der Waals surface area contributed by atoms with Gasteiger partial charge in [-0.15, -0.1) is 0 Å². The fourth-order valence-electron chi connectivity index (χ4n) is 2.05. The summed E-state index contributed by atoms with van der Waals surface area (Å²) < 4.78 is 0.929. The average Bonchev–Trinajstić information content (AvgIpc) is 2.35. The predicted octanol–water partition coefficient (Wildman–Crippen LogP) is 2.79. The molecule has 0 aliphatic carbocycles. The van der Waals surface area contributed by atoms with Gasteiger partial charge in [0.2, 0.25) is 0 Å². The van der Waals surface area contributed by atoms with Gasteiger partial charge in [0, 0.05) is 22.2 Å². The zero-order valence-electron chi connectivity index (χ0n) is 10.1. The summed E-state index contributed by atoms with van der Waals surface area (Å²) in [5.41, 5.74) is 0.585. The summed E-state index contributed by atoms with van der Waals surface area (Å²) in [5.74, 6) is 0.202. The predicted molar refractivity (Wildman–Crippen MR) is 79.9 cm³/mol. The topological polar surface area (TPSA) is 40.5 Å². The molecule has 0 radical (unpaired) electrons. The lowest BCUT2D eigenvalue weighted by Crippen LogP contribution is -2.45. The Hall–Kier alpha value is -0.330. The van der Waals surface area contributed by atoms with Crippen LogP contribution in [-0.4, -0.2) is 35.1 Å². The van der Waals surface area contributed by atoms with E-state index in [0.29, 0.717) is 23.7 Å². The number of hydrogen-bond donors (Lipinski definition) is 1. The van der Waals surface area contributed by atoms with E-state index in [2.05, 4.69) is 22.6 Å². The van der Waals surface area contributed by atoms with Gasteiger partial charge >= 0.3 is 0 Å². The molecule has 5 heteroatoms. The number of likely N-dealkylation sites (tertiary alicyclic amines) is 1. The van der Waals surface area contributed by atoms with E-state index in [1.807, 2.05) is 13.0 Å². The first-order valence-electron chi connectivity index (χ1n) is 5.91. The van der Waals surface area contributed by atoms with Gasteiger partial charge in [-0.05, 0) is 53.1 Å². The lowest BCUT2D eigenvalue weighted by atomic mass is 9.95. The number of nitrogens with zero attached hydrogens (tertiary/aromatic N) is 1. The van der Waals surface area contributed by atoms with Gasteiger partial charge in [-0.25, -0.2) is 0 Å². The van der Waals surface area contributed by atoms with Gasteiger partial charge in [0.1, 0.15) is 0 Å². The first-order chi connectivity index (χ1) is 8.49. The average molecular weight is 380 g/mol. The van der Waals surface area contributed by atoms with Gasteiger partial charge in [0.15, 0.2) is 0 Å². The lowest BCUT2D eigenvalue weighted by Gasteiger charge is -2.34. The first-order valence-corrected chi connectivity index (χ1v) is 7.37. The number of rotatable bonds is 1. The Morgan fingerprint density at radius 3 is 2.89 bits per heavy atom. The summed E-state index contributed by atoms with van der Waals surface area (Å²) in [6, 6.07) is 5.30. The Labute approximate surface area is 125 Å². The molecular weight excluding hydrogens is 365 g/mol. The second-order valence-corrected chi connectivity index (χ2v) is 6.28. The minimum Gasteiger partial charge on any atom is -0.391 e. The molecule has 1 fully saturated rings.